The summed E-state index contributed by atoms with van der Waals surface area (Å²) in [6.45, 7) is 1.78. The molecule has 1 aromatic carbocycles. The van der Waals surface area contributed by atoms with Gasteiger partial charge in [-0.2, -0.15) is 0 Å². The summed E-state index contributed by atoms with van der Waals surface area (Å²) < 4.78 is 0. The van der Waals surface area contributed by atoms with E-state index in [-0.39, 0.29) is 5.69 Å². The van der Waals surface area contributed by atoms with E-state index in [1.165, 1.54) is 12.1 Å². The molecule has 0 unspecified atom stereocenters. The lowest BCUT2D eigenvalue weighted by atomic mass is 10.2. The Balaban J connectivity index is 2.74. The van der Waals surface area contributed by atoms with Gasteiger partial charge in [0.05, 0.1) is 16.3 Å². The number of hydrogen-bond acceptors (Lipinski definition) is 5. The van der Waals surface area contributed by atoms with Gasteiger partial charge in [-0.1, -0.05) is 0 Å². The fourth-order valence-electron chi connectivity index (χ4n) is 1.62. The molecule has 0 aliphatic heterocycles. The van der Waals surface area contributed by atoms with Crippen LogP contribution in [-0.4, -0.2) is 32.1 Å². The number of nitro benzene ring substituents is 1. The molecule has 0 aliphatic rings. The van der Waals surface area contributed by atoms with Crippen LogP contribution in [-0.2, 0) is 0 Å². The van der Waals surface area contributed by atoms with Gasteiger partial charge in [0.1, 0.15) is 0 Å². The highest BCUT2D eigenvalue weighted by molar-refractivity contribution is 5.70. The van der Waals surface area contributed by atoms with Crippen LogP contribution in [0.15, 0.2) is 18.2 Å². The first kappa shape index (κ1) is 13.2. The van der Waals surface area contributed by atoms with Crippen molar-refractivity contribution in [2.24, 2.45) is 0 Å². The number of non-ortho nitro benzene ring substituents is 1. The van der Waals surface area contributed by atoms with Crippen LogP contribution in [0.4, 0.5) is 17.1 Å². The van der Waals surface area contributed by atoms with Crippen molar-refractivity contribution in [1.82, 2.24) is 5.32 Å². The summed E-state index contributed by atoms with van der Waals surface area (Å²) in [5, 5.41) is 13.6. The quantitative estimate of drug-likeness (QED) is 0.337. The van der Waals surface area contributed by atoms with Crippen LogP contribution in [0.25, 0.3) is 0 Å². The second-order valence-electron chi connectivity index (χ2n) is 3.88. The summed E-state index contributed by atoms with van der Waals surface area (Å²) in [6, 6.07) is 4.55. The Morgan fingerprint density at radius 1 is 1.53 bits per heavy atom. The number of nitrogen functional groups attached to an aromatic ring is 1. The molecule has 0 amide bonds. The van der Waals surface area contributed by atoms with Crippen LogP contribution in [0.5, 0.6) is 0 Å². The van der Waals surface area contributed by atoms with Gasteiger partial charge in [0, 0.05) is 25.7 Å². The normalized spacial score (nSPS) is 10.2. The molecule has 0 heterocycles. The Bertz CT molecular complexity index is 395. The van der Waals surface area contributed by atoms with Gasteiger partial charge < -0.3 is 16.0 Å². The van der Waals surface area contributed by atoms with Crippen LogP contribution in [0, 0.1) is 10.1 Å². The number of hydrogen-bond donors (Lipinski definition) is 2. The largest absolute Gasteiger partial charge is 0.397 e. The maximum atomic E-state index is 10.6. The zero-order valence-electron chi connectivity index (χ0n) is 10.1. The van der Waals surface area contributed by atoms with Gasteiger partial charge in [-0.05, 0) is 26.1 Å². The Hall–Kier alpha value is -1.82. The fraction of sp³-hybridized carbons (Fsp3) is 0.455. The lowest BCUT2D eigenvalue weighted by molar-refractivity contribution is -0.384. The van der Waals surface area contributed by atoms with Crippen molar-refractivity contribution in [3.05, 3.63) is 28.3 Å². The average molecular weight is 238 g/mol. The van der Waals surface area contributed by atoms with Gasteiger partial charge in [-0.15, -0.1) is 0 Å². The van der Waals surface area contributed by atoms with Gasteiger partial charge in [0.25, 0.3) is 5.69 Å². The molecule has 0 atom stereocenters. The number of anilines is 2. The number of nitrogens with one attached hydrogen (secondary N) is 1. The number of rotatable bonds is 6. The zero-order valence-corrected chi connectivity index (χ0v) is 10.1. The molecule has 0 bridgehead atoms. The topological polar surface area (TPSA) is 84.4 Å². The molecule has 0 aliphatic carbocycles. The third-order valence-electron chi connectivity index (χ3n) is 2.55. The summed E-state index contributed by atoms with van der Waals surface area (Å²) >= 11 is 0. The first-order valence-electron chi connectivity index (χ1n) is 5.46. The molecular formula is C11H18N4O2. The second kappa shape index (κ2) is 6.05. The molecule has 0 aromatic heterocycles. The molecule has 94 valence electrons. The maximum absolute atomic E-state index is 10.6. The van der Waals surface area contributed by atoms with E-state index in [2.05, 4.69) is 5.32 Å². The average Bonchev–Trinajstić information content (AvgIpc) is 2.28. The Labute approximate surface area is 101 Å². The van der Waals surface area contributed by atoms with E-state index < -0.39 is 4.92 Å². The third kappa shape index (κ3) is 3.60. The van der Waals surface area contributed by atoms with Crippen molar-refractivity contribution >= 4 is 17.1 Å². The highest BCUT2D eigenvalue weighted by Crippen LogP contribution is 2.26. The smallest absolute Gasteiger partial charge is 0.271 e. The number of nitrogens with two attached hydrogens (primary N) is 1. The van der Waals surface area contributed by atoms with Gasteiger partial charge in [-0.3, -0.25) is 10.1 Å². The van der Waals surface area contributed by atoms with Crippen molar-refractivity contribution in [1.29, 1.82) is 0 Å². The first-order chi connectivity index (χ1) is 8.06. The van der Waals surface area contributed by atoms with Crippen LogP contribution < -0.4 is 16.0 Å². The summed E-state index contributed by atoms with van der Waals surface area (Å²) in [5.74, 6) is 0. The van der Waals surface area contributed by atoms with Crippen molar-refractivity contribution in [2.75, 3.05) is 37.8 Å². The van der Waals surface area contributed by atoms with E-state index in [0.29, 0.717) is 5.69 Å². The summed E-state index contributed by atoms with van der Waals surface area (Å²) in [7, 11) is 3.83. The molecule has 0 radical (unpaired) electrons. The predicted molar refractivity (Wildman–Crippen MR) is 69.3 cm³/mol. The molecule has 6 heteroatoms. The van der Waals surface area contributed by atoms with Crippen molar-refractivity contribution < 1.29 is 4.92 Å². The third-order valence-corrected chi connectivity index (χ3v) is 2.55. The molecule has 0 spiro atoms. The second-order valence-corrected chi connectivity index (χ2v) is 3.88. The fourth-order valence-corrected chi connectivity index (χ4v) is 1.62. The minimum atomic E-state index is -0.443. The molecule has 6 nitrogen and oxygen atoms in total. The predicted octanol–water partition coefficient (Wildman–Crippen LogP) is 1.22. The standard InChI is InChI=1S/C11H18N4O2/c1-13-6-3-7-14(2)11-5-4-9(15(16)17)8-10(11)12/h4-5,8,13H,3,6-7,12H2,1-2H3. The Morgan fingerprint density at radius 3 is 2.76 bits per heavy atom. The minimum Gasteiger partial charge on any atom is -0.397 e. The van der Waals surface area contributed by atoms with Crippen molar-refractivity contribution in [3.63, 3.8) is 0 Å². The molecule has 0 saturated heterocycles. The van der Waals surface area contributed by atoms with Gasteiger partial charge >= 0.3 is 0 Å². The van der Waals surface area contributed by atoms with E-state index in [1.807, 2.05) is 19.0 Å². The van der Waals surface area contributed by atoms with Crippen LogP contribution in [0.2, 0.25) is 0 Å². The van der Waals surface area contributed by atoms with E-state index in [0.717, 1.165) is 25.2 Å². The zero-order chi connectivity index (χ0) is 12.8. The van der Waals surface area contributed by atoms with Gasteiger partial charge in [0.15, 0.2) is 0 Å². The summed E-state index contributed by atoms with van der Waals surface area (Å²) in [4.78, 5) is 12.1. The lowest BCUT2D eigenvalue weighted by Gasteiger charge is -2.20. The maximum Gasteiger partial charge on any atom is 0.271 e. The van der Waals surface area contributed by atoms with E-state index in [4.69, 9.17) is 5.73 Å². The summed E-state index contributed by atoms with van der Waals surface area (Å²) in [5.41, 5.74) is 7.09. The van der Waals surface area contributed by atoms with Gasteiger partial charge in [-0.25, -0.2) is 0 Å². The SMILES string of the molecule is CNCCCN(C)c1ccc([N+](=O)[O-])cc1N. The highest BCUT2D eigenvalue weighted by atomic mass is 16.6. The Kier molecular flexibility index (Phi) is 4.71. The van der Waals surface area contributed by atoms with Crippen LogP contribution >= 0.6 is 0 Å². The van der Waals surface area contributed by atoms with Crippen LogP contribution in [0.3, 0.4) is 0 Å². The van der Waals surface area contributed by atoms with Crippen molar-refractivity contribution in [3.8, 4) is 0 Å². The van der Waals surface area contributed by atoms with E-state index >= 15 is 0 Å². The van der Waals surface area contributed by atoms with Gasteiger partial charge in [0.2, 0.25) is 0 Å². The monoisotopic (exact) mass is 238 g/mol. The molecule has 0 fully saturated rings. The Morgan fingerprint density at radius 2 is 2.24 bits per heavy atom. The van der Waals surface area contributed by atoms with E-state index in [9.17, 15) is 10.1 Å². The summed E-state index contributed by atoms with van der Waals surface area (Å²) in [6.07, 6.45) is 0.990. The molecule has 17 heavy (non-hydrogen) atoms. The first-order valence-corrected chi connectivity index (χ1v) is 5.46. The molecular weight excluding hydrogens is 220 g/mol. The highest BCUT2D eigenvalue weighted by Gasteiger charge is 2.11. The minimum absolute atomic E-state index is 0.0230. The van der Waals surface area contributed by atoms with E-state index in [1.54, 1.807) is 6.07 Å². The molecule has 1 aromatic rings. The molecule has 0 saturated carbocycles. The lowest BCUT2D eigenvalue weighted by Crippen LogP contribution is -2.23. The van der Waals surface area contributed by atoms with Crippen LogP contribution in [0.1, 0.15) is 6.42 Å². The van der Waals surface area contributed by atoms with Crippen molar-refractivity contribution in [2.45, 2.75) is 6.42 Å². The number of nitro groups is 1. The molecule has 3 N–H and O–H groups in total. The number of benzene rings is 1. The molecule has 1 rings (SSSR count). The number of nitrogens with zero attached hydrogens (tertiary/aromatic N) is 2.